The molecule has 0 aliphatic carbocycles. The van der Waals surface area contributed by atoms with Crippen molar-refractivity contribution in [2.24, 2.45) is 0 Å². The van der Waals surface area contributed by atoms with E-state index in [1.807, 2.05) is 29.2 Å². The molecule has 0 atom stereocenters. The number of hydrogen-bond acceptors (Lipinski definition) is 3. The van der Waals surface area contributed by atoms with Crippen molar-refractivity contribution in [3.05, 3.63) is 59.1 Å². The number of nitrogens with one attached hydrogen (secondary N) is 1. The van der Waals surface area contributed by atoms with Crippen LogP contribution in [0.25, 0.3) is 0 Å². The number of piperidine rings is 1. The summed E-state index contributed by atoms with van der Waals surface area (Å²) in [6.45, 7) is 1.23. The molecule has 5 nitrogen and oxygen atoms in total. The standard InChI is InChI=1S/C20H21ClN2O3/c21-17-8-1-2-9-18(17)26-14-19(24)22-16-7-5-6-15(12-16)13-23-11-4-3-10-20(23)25/h1-2,5-9,12H,3-4,10-11,13-14H2,(H,22,24). The van der Waals surface area contributed by atoms with Gasteiger partial charge in [0.15, 0.2) is 6.61 Å². The highest BCUT2D eigenvalue weighted by molar-refractivity contribution is 6.32. The molecule has 2 amide bonds. The van der Waals surface area contributed by atoms with Gasteiger partial charge in [0.2, 0.25) is 5.91 Å². The van der Waals surface area contributed by atoms with E-state index in [2.05, 4.69) is 5.32 Å². The van der Waals surface area contributed by atoms with Crippen LogP contribution in [0.4, 0.5) is 5.69 Å². The Morgan fingerprint density at radius 3 is 2.81 bits per heavy atom. The minimum absolute atomic E-state index is 0.126. The molecule has 2 aromatic carbocycles. The van der Waals surface area contributed by atoms with Gasteiger partial charge in [0, 0.05) is 25.2 Å². The zero-order valence-electron chi connectivity index (χ0n) is 14.4. The third-order valence-electron chi connectivity index (χ3n) is 4.20. The number of nitrogens with zero attached hydrogens (tertiary/aromatic N) is 1. The lowest BCUT2D eigenvalue weighted by Crippen LogP contribution is -2.34. The summed E-state index contributed by atoms with van der Waals surface area (Å²) in [7, 11) is 0. The number of benzene rings is 2. The number of hydrogen-bond donors (Lipinski definition) is 1. The second-order valence-electron chi connectivity index (χ2n) is 6.24. The summed E-state index contributed by atoms with van der Waals surface area (Å²) >= 11 is 6.00. The lowest BCUT2D eigenvalue weighted by Gasteiger charge is -2.26. The molecule has 1 aliphatic rings. The van der Waals surface area contributed by atoms with Gasteiger partial charge < -0.3 is 15.0 Å². The molecular weight excluding hydrogens is 352 g/mol. The second kappa shape index (κ2) is 8.72. The van der Waals surface area contributed by atoms with Crippen molar-refractivity contribution in [3.8, 4) is 5.75 Å². The first kappa shape index (κ1) is 18.3. The summed E-state index contributed by atoms with van der Waals surface area (Å²) in [6.07, 6.45) is 2.63. The minimum atomic E-state index is -0.267. The molecule has 3 rings (SSSR count). The van der Waals surface area contributed by atoms with Crippen molar-refractivity contribution >= 4 is 29.1 Å². The van der Waals surface area contributed by atoms with Crippen molar-refractivity contribution in [3.63, 3.8) is 0 Å². The molecule has 0 spiro atoms. The first-order chi connectivity index (χ1) is 12.6. The Balaban J connectivity index is 1.55. The van der Waals surface area contributed by atoms with Crippen LogP contribution in [0.1, 0.15) is 24.8 Å². The largest absolute Gasteiger partial charge is 0.482 e. The Morgan fingerprint density at radius 1 is 1.15 bits per heavy atom. The van der Waals surface area contributed by atoms with Gasteiger partial charge in [-0.2, -0.15) is 0 Å². The van der Waals surface area contributed by atoms with E-state index in [0.717, 1.165) is 24.9 Å². The van der Waals surface area contributed by atoms with Crippen molar-refractivity contribution in [2.75, 3.05) is 18.5 Å². The molecule has 1 saturated heterocycles. The molecule has 1 aliphatic heterocycles. The first-order valence-corrected chi connectivity index (χ1v) is 9.03. The van der Waals surface area contributed by atoms with Crippen LogP contribution in [0.15, 0.2) is 48.5 Å². The summed E-state index contributed by atoms with van der Waals surface area (Å²) < 4.78 is 5.44. The van der Waals surface area contributed by atoms with Gasteiger partial charge in [-0.1, -0.05) is 35.9 Å². The van der Waals surface area contributed by atoms with Crippen LogP contribution in [-0.2, 0) is 16.1 Å². The van der Waals surface area contributed by atoms with Crippen LogP contribution in [0.5, 0.6) is 5.75 Å². The maximum absolute atomic E-state index is 12.1. The van der Waals surface area contributed by atoms with Crippen molar-refractivity contribution in [1.82, 2.24) is 4.90 Å². The van der Waals surface area contributed by atoms with Crippen molar-refractivity contribution in [2.45, 2.75) is 25.8 Å². The average Bonchev–Trinajstić information content (AvgIpc) is 2.63. The Kier molecular flexibility index (Phi) is 6.12. The zero-order chi connectivity index (χ0) is 18.4. The second-order valence-corrected chi connectivity index (χ2v) is 6.65. The topological polar surface area (TPSA) is 58.6 Å². The number of carbonyl (C=O) groups is 2. The molecular formula is C20H21ClN2O3. The van der Waals surface area contributed by atoms with Crippen LogP contribution in [0.3, 0.4) is 0 Å². The Morgan fingerprint density at radius 2 is 2.00 bits per heavy atom. The molecule has 2 aromatic rings. The molecule has 6 heteroatoms. The quantitative estimate of drug-likeness (QED) is 0.837. The fourth-order valence-corrected chi connectivity index (χ4v) is 3.09. The third-order valence-corrected chi connectivity index (χ3v) is 4.51. The molecule has 136 valence electrons. The highest BCUT2D eigenvalue weighted by atomic mass is 35.5. The van der Waals surface area contributed by atoms with Crippen molar-refractivity contribution in [1.29, 1.82) is 0 Å². The summed E-state index contributed by atoms with van der Waals surface area (Å²) in [6, 6.07) is 14.5. The molecule has 1 N–H and O–H groups in total. The number of ether oxygens (including phenoxy) is 1. The molecule has 0 aromatic heterocycles. The van der Waals surface area contributed by atoms with E-state index in [9.17, 15) is 9.59 Å². The highest BCUT2D eigenvalue weighted by Crippen LogP contribution is 2.23. The van der Waals surface area contributed by atoms with Crippen LogP contribution < -0.4 is 10.1 Å². The lowest BCUT2D eigenvalue weighted by atomic mass is 10.1. The number of para-hydroxylation sites is 1. The predicted molar refractivity (Wildman–Crippen MR) is 101 cm³/mol. The summed E-state index contributed by atoms with van der Waals surface area (Å²) in [4.78, 5) is 25.9. The van der Waals surface area contributed by atoms with Gasteiger partial charge in [-0.3, -0.25) is 9.59 Å². The summed E-state index contributed by atoms with van der Waals surface area (Å²) in [5, 5.41) is 3.28. The molecule has 1 fully saturated rings. The van der Waals surface area contributed by atoms with E-state index in [1.165, 1.54) is 0 Å². The minimum Gasteiger partial charge on any atom is -0.482 e. The van der Waals surface area contributed by atoms with Gasteiger partial charge >= 0.3 is 0 Å². The van der Waals surface area contributed by atoms with Gasteiger partial charge in [0.1, 0.15) is 5.75 Å². The van der Waals surface area contributed by atoms with E-state index < -0.39 is 0 Å². The number of halogens is 1. The SMILES string of the molecule is O=C(COc1ccccc1Cl)Nc1cccc(CN2CCCCC2=O)c1. The van der Waals surface area contributed by atoms with Gasteiger partial charge in [0.05, 0.1) is 5.02 Å². The number of carbonyl (C=O) groups excluding carboxylic acids is 2. The number of likely N-dealkylation sites (tertiary alicyclic amines) is 1. The normalized spacial score (nSPS) is 14.2. The fraction of sp³-hybridized carbons (Fsp3) is 0.300. The zero-order valence-corrected chi connectivity index (χ0v) is 15.2. The highest BCUT2D eigenvalue weighted by Gasteiger charge is 2.18. The van der Waals surface area contributed by atoms with Gasteiger partial charge in [-0.15, -0.1) is 0 Å². The lowest BCUT2D eigenvalue weighted by molar-refractivity contribution is -0.133. The van der Waals surface area contributed by atoms with Crippen molar-refractivity contribution < 1.29 is 14.3 Å². The summed E-state index contributed by atoms with van der Waals surface area (Å²) in [5.41, 5.74) is 1.67. The molecule has 0 radical (unpaired) electrons. The third kappa shape index (κ3) is 4.99. The maximum atomic E-state index is 12.1. The number of amides is 2. The van der Waals surface area contributed by atoms with Crippen LogP contribution in [0.2, 0.25) is 5.02 Å². The Hall–Kier alpha value is -2.53. The Labute approximate surface area is 157 Å². The molecule has 0 unspecified atom stereocenters. The fourth-order valence-electron chi connectivity index (χ4n) is 2.90. The first-order valence-electron chi connectivity index (χ1n) is 8.66. The predicted octanol–water partition coefficient (Wildman–Crippen LogP) is 3.87. The van der Waals surface area contributed by atoms with Crippen LogP contribution in [-0.4, -0.2) is 29.9 Å². The molecule has 0 bridgehead atoms. The van der Waals surface area contributed by atoms with E-state index in [1.54, 1.807) is 24.3 Å². The maximum Gasteiger partial charge on any atom is 0.262 e. The number of anilines is 1. The van der Waals surface area contributed by atoms with Crippen LogP contribution in [0, 0.1) is 0 Å². The van der Waals surface area contributed by atoms with E-state index in [4.69, 9.17) is 16.3 Å². The average molecular weight is 373 g/mol. The van der Waals surface area contributed by atoms with Gasteiger partial charge in [0.25, 0.3) is 5.91 Å². The van der Waals surface area contributed by atoms with Gasteiger partial charge in [-0.25, -0.2) is 0 Å². The molecule has 26 heavy (non-hydrogen) atoms. The van der Waals surface area contributed by atoms with Gasteiger partial charge in [-0.05, 0) is 42.7 Å². The smallest absolute Gasteiger partial charge is 0.262 e. The van der Waals surface area contributed by atoms with Crippen LogP contribution >= 0.6 is 11.6 Å². The molecule has 1 heterocycles. The monoisotopic (exact) mass is 372 g/mol. The Bertz CT molecular complexity index is 794. The van der Waals surface area contributed by atoms with E-state index in [0.29, 0.717) is 29.4 Å². The number of rotatable bonds is 6. The molecule has 0 saturated carbocycles. The van der Waals surface area contributed by atoms with E-state index >= 15 is 0 Å². The van der Waals surface area contributed by atoms with E-state index in [-0.39, 0.29) is 18.4 Å². The summed E-state index contributed by atoms with van der Waals surface area (Å²) in [5.74, 6) is 0.400.